The highest BCUT2D eigenvalue weighted by Gasteiger charge is 2.26. The summed E-state index contributed by atoms with van der Waals surface area (Å²) in [7, 11) is 0. The number of hydrogen-bond acceptors (Lipinski definition) is 5. The van der Waals surface area contributed by atoms with Gasteiger partial charge in [0.15, 0.2) is 0 Å². The summed E-state index contributed by atoms with van der Waals surface area (Å²) in [5.74, 6) is 0.126. The molecule has 2 rings (SSSR count). The highest BCUT2D eigenvalue weighted by Crippen LogP contribution is 2.31. The minimum absolute atomic E-state index is 0.0929. The van der Waals surface area contributed by atoms with E-state index >= 15 is 0 Å². The molecular formula is C19H29N3O4. The van der Waals surface area contributed by atoms with Gasteiger partial charge in [-0.2, -0.15) is 0 Å². The lowest BCUT2D eigenvalue weighted by atomic mass is 10.1. The standard InChI is InChI=1S/C19H29N3O4/c1-5-8-22-16-7-6-14(9-13(16)10-17(22)24)20-11-15(23)12-21-18(25)26-19(2,3)4/h6-7,9,15,20,23H,5,8,10-12H2,1-4H3,(H,21,25). The lowest BCUT2D eigenvalue weighted by molar-refractivity contribution is -0.117. The molecule has 1 unspecified atom stereocenters. The zero-order valence-corrected chi connectivity index (χ0v) is 16.0. The summed E-state index contributed by atoms with van der Waals surface area (Å²) in [4.78, 5) is 25.5. The Balaban J connectivity index is 1.82. The summed E-state index contributed by atoms with van der Waals surface area (Å²) >= 11 is 0. The fraction of sp³-hybridized carbons (Fsp3) is 0.579. The zero-order valence-electron chi connectivity index (χ0n) is 16.0. The van der Waals surface area contributed by atoms with Gasteiger partial charge in [-0.3, -0.25) is 4.79 Å². The largest absolute Gasteiger partial charge is 0.444 e. The second-order valence-electron chi connectivity index (χ2n) is 7.48. The molecule has 1 heterocycles. The van der Waals surface area contributed by atoms with Crippen molar-refractivity contribution in [3.05, 3.63) is 23.8 Å². The third-order valence-corrected chi connectivity index (χ3v) is 3.88. The van der Waals surface area contributed by atoms with Crippen LogP contribution in [-0.2, 0) is 16.0 Å². The van der Waals surface area contributed by atoms with Gasteiger partial charge in [-0.1, -0.05) is 6.92 Å². The third kappa shape index (κ3) is 5.62. The number of aliphatic hydroxyl groups excluding tert-OH is 1. The number of alkyl carbamates (subject to hydrolysis) is 1. The number of rotatable bonds is 7. The van der Waals surface area contributed by atoms with Crippen molar-refractivity contribution in [2.24, 2.45) is 0 Å². The van der Waals surface area contributed by atoms with Gasteiger partial charge in [-0.05, 0) is 51.0 Å². The van der Waals surface area contributed by atoms with E-state index in [1.807, 2.05) is 30.0 Å². The molecule has 7 nitrogen and oxygen atoms in total. The van der Waals surface area contributed by atoms with E-state index < -0.39 is 17.8 Å². The van der Waals surface area contributed by atoms with Crippen molar-refractivity contribution < 1.29 is 19.4 Å². The highest BCUT2D eigenvalue weighted by molar-refractivity contribution is 6.01. The van der Waals surface area contributed by atoms with Gasteiger partial charge in [-0.25, -0.2) is 4.79 Å². The van der Waals surface area contributed by atoms with E-state index in [4.69, 9.17) is 4.74 Å². The molecule has 0 aliphatic carbocycles. The average Bonchev–Trinajstić information content (AvgIpc) is 2.85. The third-order valence-electron chi connectivity index (χ3n) is 3.88. The summed E-state index contributed by atoms with van der Waals surface area (Å²) in [6, 6.07) is 5.77. The molecule has 7 heteroatoms. The number of nitrogens with one attached hydrogen (secondary N) is 2. The van der Waals surface area contributed by atoms with E-state index in [0.29, 0.717) is 6.42 Å². The van der Waals surface area contributed by atoms with Gasteiger partial charge in [0.2, 0.25) is 5.91 Å². The number of fused-ring (bicyclic) bond motifs is 1. The maximum absolute atomic E-state index is 12.1. The van der Waals surface area contributed by atoms with E-state index in [0.717, 1.165) is 29.9 Å². The fourth-order valence-corrected chi connectivity index (χ4v) is 2.78. The van der Waals surface area contributed by atoms with Crippen LogP contribution >= 0.6 is 0 Å². The predicted molar refractivity (Wildman–Crippen MR) is 102 cm³/mol. The SMILES string of the molecule is CCCN1C(=O)Cc2cc(NCC(O)CNC(=O)OC(C)(C)C)ccc21. The van der Waals surface area contributed by atoms with E-state index in [-0.39, 0.29) is 19.0 Å². The molecule has 26 heavy (non-hydrogen) atoms. The van der Waals surface area contributed by atoms with Gasteiger partial charge in [0.1, 0.15) is 5.60 Å². The molecule has 2 amide bonds. The summed E-state index contributed by atoms with van der Waals surface area (Å²) in [6.07, 6.45) is 0.0212. The van der Waals surface area contributed by atoms with E-state index in [1.54, 1.807) is 20.8 Å². The van der Waals surface area contributed by atoms with Crippen LogP contribution in [0.4, 0.5) is 16.2 Å². The molecule has 1 aromatic carbocycles. The van der Waals surface area contributed by atoms with E-state index in [2.05, 4.69) is 10.6 Å². The number of carbonyl (C=O) groups excluding carboxylic acids is 2. The molecule has 0 saturated carbocycles. The normalized spacial score (nSPS) is 14.8. The second kappa shape index (κ2) is 8.40. The van der Waals surface area contributed by atoms with Crippen LogP contribution in [0.25, 0.3) is 0 Å². The van der Waals surface area contributed by atoms with Crippen molar-refractivity contribution in [2.45, 2.75) is 52.2 Å². The lowest BCUT2D eigenvalue weighted by Gasteiger charge is -2.21. The summed E-state index contributed by atoms with van der Waals surface area (Å²) in [6.45, 7) is 8.50. The first-order valence-corrected chi connectivity index (χ1v) is 9.01. The quantitative estimate of drug-likeness (QED) is 0.691. The average molecular weight is 363 g/mol. The van der Waals surface area contributed by atoms with Gasteiger partial charge < -0.3 is 25.4 Å². The second-order valence-corrected chi connectivity index (χ2v) is 7.48. The Bertz CT molecular complexity index is 655. The van der Waals surface area contributed by atoms with Gasteiger partial charge in [0.25, 0.3) is 0 Å². The minimum Gasteiger partial charge on any atom is -0.444 e. The van der Waals surface area contributed by atoms with Gasteiger partial charge in [-0.15, -0.1) is 0 Å². The van der Waals surface area contributed by atoms with Crippen molar-refractivity contribution in [2.75, 3.05) is 29.9 Å². The predicted octanol–water partition coefficient (Wildman–Crippen LogP) is 2.28. The topological polar surface area (TPSA) is 90.9 Å². The Morgan fingerprint density at radius 3 is 2.73 bits per heavy atom. The van der Waals surface area contributed by atoms with Gasteiger partial charge in [0.05, 0.1) is 12.5 Å². The molecule has 0 aromatic heterocycles. The molecule has 144 valence electrons. The van der Waals surface area contributed by atoms with E-state index in [1.165, 1.54) is 0 Å². The van der Waals surface area contributed by atoms with Crippen LogP contribution in [0.2, 0.25) is 0 Å². The van der Waals surface area contributed by atoms with Gasteiger partial charge in [0, 0.05) is 31.0 Å². The van der Waals surface area contributed by atoms with Crippen LogP contribution in [0.15, 0.2) is 18.2 Å². The van der Waals surface area contributed by atoms with Crippen LogP contribution in [0.3, 0.4) is 0 Å². The Kier molecular flexibility index (Phi) is 6.47. The molecule has 1 aliphatic heterocycles. The van der Waals surface area contributed by atoms with Gasteiger partial charge >= 0.3 is 6.09 Å². The number of carbonyl (C=O) groups is 2. The zero-order chi connectivity index (χ0) is 19.3. The number of nitrogens with zero attached hydrogens (tertiary/aromatic N) is 1. The van der Waals surface area contributed by atoms with Crippen molar-refractivity contribution in [3.63, 3.8) is 0 Å². The molecule has 1 aliphatic rings. The summed E-state index contributed by atoms with van der Waals surface area (Å²) in [5.41, 5.74) is 2.23. The Hall–Kier alpha value is -2.28. The Labute approximate surface area is 154 Å². The molecular weight excluding hydrogens is 334 g/mol. The monoisotopic (exact) mass is 363 g/mol. The van der Waals surface area contributed by atoms with Crippen molar-refractivity contribution in [1.29, 1.82) is 0 Å². The first-order chi connectivity index (χ1) is 12.2. The van der Waals surface area contributed by atoms with Crippen LogP contribution in [0, 0.1) is 0 Å². The van der Waals surface area contributed by atoms with Crippen molar-refractivity contribution in [3.8, 4) is 0 Å². The molecule has 1 atom stereocenters. The first kappa shape index (κ1) is 20.0. The summed E-state index contributed by atoms with van der Waals surface area (Å²) < 4.78 is 5.12. The molecule has 0 spiro atoms. The number of hydrogen-bond donors (Lipinski definition) is 3. The number of aliphatic hydroxyl groups is 1. The van der Waals surface area contributed by atoms with Crippen LogP contribution in [0.5, 0.6) is 0 Å². The van der Waals surface area contributed by atoms with Crippen molar-refractivity contribution >= 4 is 23.4 Å². The first-order valence-electron chi connectivity index (χ1n) is 9.01. The van der Waals surface area contributed by atoms with Crippen molar-refractivity contribution in [1.82, 2.24) is 5.32 Å². The van der Waals surface area contributed by atoms with Crippen LogP contribution < -0.4 is 15.5 Å². The Morgan fingerprint density at radius 1 is 1.35 bits per heavy atom. The van der Waals surface area contributed by atoms with E-state index in [9.17, 15) is 14.7 Å². The number of ether oxygens (including phenoxy) is 1. The molecule has 0 bridgehead atoms. The summed E-state index contributed by atoms with van der Waals surface area (Å²) in [5, 5.41) is 15.7. The molecule has 3 N–H and O–H groups in total. The molecule has 0 radical (unpaired) electrons. The lowest BCUT2D eigenvalue weighted by Crippen LogP contribution is -2.39. The maximum Gasteiger partial charge on any atom is 0.407 e. The Morgan fingerprint density at radius 2 is 2.08 bits per heavy atom. The van der Waals surface area contributed by atoms with Crippen LogP contribution in [0.1, 0.15) is 39.7 Å². The number of anilines is 2. The molecule has 0 saturated heterocycles. The maximum atomic E-state index is 12.1. The number of benzene rings is 1. The highest BCUT2D eigenvalue weighted by atomic mass is 16.6. The molecule has 1 aromatic rings. The minimum atomic E-state index is -0.756. The smallest absolute Gasteiger partial charge is 0.407 e. The van der Waals surface area contributed by atoms with Crippen LogP contribution in [-0.4, -0.2) is 48.4 Å². The number of amides is 2. The molecule has 0 fully saturated rings. The fourth-order valence-electron chi connectivity index (χ4n) is 2.78.